The van der Waals surface area contributed by atoms with E-state index in [1.165, 1.54) is 25.6 Å². The van der Waals surface area contributed by atoms with Crippen LogP contribution in [0.2, 0.25) is 0 Å². The minimum atomic E-state index is 0.556. The van der Waals surface area contributed by atoms with E-state index >= 15 is 0 Å². The van der Waals surface area contributed by atoms with Gasteiger partial charge in [-0.15, -0.1) is 10.2 Å². The van der Waals surface area contributed by atoms with Crippen molar-refractivity contribution in [1.82, 2.24) is 24.7 Å². The smallest absolute Gasteiger partial charge is 0.197 e. The highest BCUT2D eigenvalue weighted by molar-refractivity contribution is 7.99. The number of aryl methyl sites for hydroxylation is 1. The van der Waals surface area contributed by atoms with Gasteiger partial charge in [-0.25, -0.2) is 9.97 Å². The van der Waals surface area contributed by atoms with Gasteiger partial charge in [-0.2, -0.15) is 0 Å². The van der Waals surface area contributed by atoms with E-state index in [0.29, 0.717) is 5.82 Å². The number of aromatic nitrogens is 5. The molecule has 3 rings (SSSR count). The zero-order valence-electron chi connectivity index (χ0n) is 11.5. The van der Waals surface area contributed by atoms with E-state index in [4.69, 9.17) is 5.73 Å². The fraction of sp³-hybridized carbons (Fsp3) is 0.538. The molecule has 0 aromatic carbocycles. The van der Waals surface area contributed by atoms with Crippen molar-refractivity contribution in [1.29, 1.82) is 0 Å². The number of hydrogen-bond acceptors (Lipinski definition) is 6. The zero-order chi connectivity index (χ0) is 13.9. The number of hydrogen-bond donors (Lipinski definition) is 1. The van der Waals surface area contributed by atoms with Gasteiger partial charge in [-0.3, -0.25) is 0 Å². The monoisotopic (exact) mass is 290 g/mol. The zero-order valence-corrected chi connectivity index (χ0v) is 12.4. The SMILES string of the molecule is CCc1c(N)ncnc1Sc1nnc2n1CCCCC2. The molecule has 0 atom stereocenters. The molecule has 3 heterocycles. The van der Waals surface area contributed by atoms with Crippen molar-refractivity contribution >= 4 is 17.6 Å². The van der Waals surface area contributed by atoms with Crippen molar-refractivity contribution in [2.75, 3.05) is 5.73 Å². The number of fused-ring (bicyclic) bond motifs is 1. The highest BCUT2D eigenvalue weighted by Gasteiger charge is 2.18. The third-order valence-corrected chi connectivity index (χ3v) is 4.59. The Morgan fingerprint density at radius 3 is 3.00 bits per heavy atom. The molecule has 0 aliphatic carbocycles. The minimum absolute atomic E-state index is 0.556. The molecule has 2 N–H and O–H groups in total. The molecule has 0 saturated carbocycles. The van der Waals surface area contributed by atoms with Gasteiger partial charge in [0.1, 0.15) is 23.0 Å². The van der Waals surface area contributed by atoms with Crippen LogP contribution in [-0.2, 0) is 19.4 Å². The molecule has 0 unspecified atom stereocenters. The molecule has 0 spiro atoms. The van der Waals surface area contributed by atoms with Crippen LogP contribution in [0.1, 0.15) is 37.6 Å². The molecule has 0 fully saturated rings. The van der Waals surface area contributed by atoms with Crippen molar-refractivity contribution in [3.05, 3.63) is 17.7 Å². The number of nitrogens with two attached hydrogens (primary N) is 1. The molecule has 1 aliphatic rings. The normalized spacial score (nSPS) is 14.8. The van der Waals surface area contributed by atoms with Crippen molar-refractivity contribution in [2.24, 2.45) is 0 Å². The fourth-order valence-electron chi connectivity index (χ4n) is 2.45. The molecule has 0 saturated heterocycles. The Morgan fingerprint density at radius 2 is 2.15 bits per heavy atom. The van der Waals surface area contributed by atoms with Crippen LogP contribution in [0, 0.1) is 0 Å². The summed E-state index contributed by atoms with van der Waals surface area (Å²) in [7, 11) is 0. The van der Waals surface area contributed by atoms with Crippen LogP contribution in [0.25, 0.3) is 0 Å². The molecular formula is C13H18N6S. The molecule has 20 heavy (non-hydrogen) atoms. The van der Waals surface area contributed by atoms with Gasteiger partial charge in [0.2, 0.25) is 0 Å². The van der Waals surface area contributed by atoms with Gasteiger partial charge in [0.05, 0.1) is 0 Å². The summed E-state index contributed by atoms with van der Waals surface area (Å²) in [6.45, 7) is 3.05. The first-order chi connectivity index (χ1) is 9.79. The number of anilines is 1. The van der Waals surface area contributed by atoms with E-state index in [-0.39, 0.29) is 0 Å². The van der Waals surface area contributed by atoms with Gasteiger partial charge >= 0.3 is 0 Å². The molecule has 7 heteroatoms. The molecule has 2 aromatic rings. The van der Waals surface area contributed by atoms with Gasteiger partial charge in [0.25, 0.3) is 0 Å². The van der Waals surface area contributed by atoms with Crippen LogP contribution >= 0.6 is 11.8 Å². The number of rotatable bonds is 3. The Bertz CT molecular complexity index is 609. The average Bonchev–Trinajstić information content (AvgIpc) is 2.68. The second-order valence-corrected chi connectivity index (χ2v) is 5.82. The summed E-state index contributed by atoms with van der Waals surface area (Å²) >= 11 is 1.54. The predicted octanol–water partition coefficient (Wildman–Crippen LogP) is 2.09. The van der Waals surface area contributed by atoms with Crippen molar-refractivity contribution < 1.29 is 0 Å². The summed E-state index contributed by atoms with van der Waals surface area (Å²) in [5.74, 6) is 1.64. The molecule has 1 aliphatic heterocycles. The van der Waals surface area contributed by atoms with Gasteiger partial charge in [0.15, 0.2) is 5.16 Å². The van der Waals surface area contributed by atoms with Gasteiger partial charge in [-0.1, -0.05) is 13.3 Å². The van der Waals surface area contributed by atoms with Gasteiger partial charge < -0.3 is 10.3 Å². The van der Waals surface area contributed by atoms with Crippen molar-refractivity contribution in [3.8, 4) is 0 Å². The first-order valence-electron chi connectivity index (χ1n) is 6.99. The Labute approximate surface area is 122 Å². The standard InChI is InChI=1S/C13H18N6S/c1-2-9-11(14)15-8-16-12(9)20-13-18-17-10-6-4-3-5-7-19(10)13/h8H,2-7H2,1H3,(H2,14,15,16). The second-order valence-electron chi connectivity index (χ2n) is 4.86. The lowest BCUT2D eigenvalue weighted by molar-refractivity contribution is 0.590. The number of nitrogens with zero attached hydrogens (tertiary/aromatic N) is 5. The molecule has 0 radical (unpaired) electrons. The summed E-state index contributed by atoms with van der Waals surface area (Å²) in [5, 5.41) is 10.4. The van der Waals surface area contributed by atoms with E-state index in [2.05, 4.69) is 31.7 Å². The first kappa shape index (κ1) is 13.4. The van der Waals surface area contributed by atoms with Gasteiger partial charge in [-0.05, 0) is 31.0 Å². The third kappa shape index (κ3) is 2.49. The molecule has 106 valence electrons. The maximum absolute atomic E-state index is 5.92. The van der Waals surface area contributed by atoms with E-state index in [9.17, 15) is 0 Å². The van der Waals surface area contributed by atoms with E-state index in [1.807, 2.05) is 0 Å². The Kier molecular flexibility index (Phi) is 3.86. The lowest BCUT2D eigenvalue weighted by Gasteiger charge is -2.09. The maximum Gasteiger partial charge on any atom is 0.197 e. The topological polar surface area (TPSA) is 82.5 Å². The van der Waals surface area contributed by atoms with E-state index in [1.54, 1.807) is 11.8 Å². The maximum atomic E-state index is 5.92. The number of nitrogen functional groups attached to an aromatic ring is 1. The summed E-state index contributed by atoms with van der Waals surface area (Å²) in [6.07, 6.45) is 6.98. The highest BCUT2D eigenvalue weighted by Crippen LogP contribution is 2.31. The van der Waals surface area contributed by atoms with Crippen LogP contribution in [0.4, 0.5) is 5.82 Å². The Morgan fingerprint density at radius 1 is 1.25 bits per heavy atom. The van der Waals surface area contributed by atoms with Crippen LogP contribution in [0.3, 0.4) is 0 Å². The summed E-state index contributed by atoms with van der Waals surface area (Å²) < 4.78 is 2.22. The second kappa shape index (κ2) is 5.78. The van der Waals surface area contributed by atoms with E-state index < -0.39 is 0 Å². The molecule has 0 amide bonds. The average molecular weight is 290 g/mol. The van der Waals surface area contributed by atoms with Crippen LogP contribution in [0.15, 0.2) is 16.5 Å². The summed E-state index contributed by atoms with van der Waals surface area (Å²) in [4.78, 5) is 8.40. The molecule has 2 aromatic heterocycles. The van der Waals surface area contributed by atoms with Gasteiger partial charge in [0, 0.05) is 18.5 Å². The fourth-order valence-corrected chi connectivity index (χ4v) is 3.48. The van der Waals surface area contributed by atoms with Crippen molar-refractivity contribution in [3.63, 3.8) is 0 Å². The first-order valence-corrected chi connectivity index (χ1v) is 7.80. The lowest BCUT2D eigenvalue weighted by Crippen LogP contribution is -2.04. The highest BCUT2D eigenvalue weighted by atomic mass is 32.2. The van der Waals surface area contributed by atoms with E-state index in [0.717, 1.165) is 41.0 Å². The summed E-state index contributed by atoms with van der Waals surface area (Å²) in [5.41, 5.74) is 6.91. The lowest BCUT2D eigenvalue weighted by atomic mass is 10.2. The van der Waals surface area contributed by atoms with Crippen LogP contribution in [-0.4, -0.2) is 24.7 Å². The Hall–Kier alpha value is -1.63. The quantitative estimate of drug-likeness (QED) is 0.872. The summed E-state index contributed by atoms with van der Waals surface area (Å²) in [6, 6.07) is 0. The third-order valence-electron chi connectivity index (χ3n) is 3.56. The molecular weight excluding hydrogens is 272 g/mol. The molecule has 6 nitrogen and oxygen atoms in total. The minimum Gasteiger partial charge on any atom is -0.383 e. The van der Waals surface area contributed by atoms with Crippen LogP contribution in [0.5, 0.6) is 0 Å². The van der Waals surface area contributed by atoms with Crippen molar-refractivity contribution in [2.45, 2.75) is 55.8 Å². The Balaban J connectivity index is 1.92. The molecule has 0 bridgehead atoms. The predicted molar refractivity (Wildman–Crippen MR) is 77.5 cm³/mol. The largest absolute Gasteiger partial charge is 0.383 e. The van der Waals surface area contributed by atoms with Crippen LogP contribution < -0.4 is 5.73 Å².